The number of ether oxygens (including phenoxy) is 2. The molecule has 3 aromatic carbocycles. The van der Waals surface area contributed by atoms with Crippen LogP contribution >= 0.6 is 0 Å². The molecule has 0 aliphatic carbocycles. The number of nitrogens with one attached hydrogen (secondary N) is 2. The standard InChI is InChI=1S/C29H30N4O6/c1-16-10-12-18(13-11-16)27-32-22-9-4-3-8-21(22)28(33-27)31-19-6-5-7-20(14-19)38-29-24(30-17(2)35)26(37)25(36)23(15-34)39-29/h3-14,23-26,29,34,36-37H,15H2,1-2H3,(H,30,35)(H,31,32,33)/t23-,24+,25+,26-,29-/m0/s1. The lowest BCUT2D eigenvalue weighted by Gasteiger charge is -2.42. The molecular weight excluding hydrogens is 500 g/mol. The van der Waals surface area contributed by atoms with Crippen molar-refractivity contribution in [3.8, 4) is 17.1 Å². The Balaban J connectivity index is 1.43. The molecule has 1 aromatic heterocycles. The Kier molecular flexibility index (Phi) is 7.71. The molecule has 5 atom stereocenters. The summed E-state index contributed by atoms with van der Waals surface area (Å²) in [7, 11) is 0. The van der Waals surface area contributed by atoms with Crippen LogP contribution in [-0.4, -0.2) is 68.4 Å². The second-order valence-corrected chi connectivity index (χ2v) is 9.48. The van der Waals surface area contributed by atoms with Gasteiger partial charge in [0.05, 0.1) is 12.1 Å². The lowest BCUT2D eigenvalue weighted by atomic mass is 9.97. The smallest absolute Gasteiger partial charge is 0.223 e. The predicted octanol–water partition coefficient (Wildman–Crippen LogP) is 2.67. The van der Waals surface area contributed by atoms with Crippen molar-refractivity contribution in [2.24, 2.45) is 0 Å². The first-order chi connectivity index (χ1) is 18.8. The predicted molar refractivity (Wildman–Crippen MR) is 145 cm³/mol. The maximum Gasteiger partial charge on any atom is 0.223 e. The second kappa shape index (κ2) is 11.3. The molecule has 0 radical (unpaired) electrons. The summed E-state index contributed by atoms with van der Waals surface area (Å²) in [5.74, 6) is 1.14. The number of aliphatic hydroxyl groups excluding tert-OH is 3. The van der Waals surface area contributed by atoms with Gasteiger partial charge in [0.25, 0.3) is 0 Å². The molecule has 10 nitrogen and oxygen atoms in total. The monoisotopic (exact) mass is 530 g/mol. The zero-order valence-corrected chi connectivity index (χ0v) is 21.5. The van der Waals surface area contributed by atoms with E-state index in [1.165, 1.54) is 6.92 Å². The van der Waals surface area contributed by atoms with E-state index in [-0.39, 0.29) is 0 Å². The molecule has 4 aromatic rings. The fourth-order valence-electron chi connectivity index (χ4n) is 4.49. The molecular formula is C29H30N4O6. The van der Waals surface area contributed by atoms with Crippen molar-refractivity contribution in [1.82, 2.24) is 15.3 Å². The van der Waals surface area contributed by atoms with E-state index < -0.39 is 43.2 Å². The lowest BCUT2D eigenvalue weighted by molar-refractivity contribution is -0.244. The number of aliphatic hydroxyl groups is 3. The van der Waals surface area contributed by atoms with Gasteiger partial charge < -0.3 is 35.4 Å². The first kappa shape index (κ1) is 26.5. The van der Waals surface area contributed by atoms with Gasteiger partial charge in [-0.3, -0.25) is 4.79 Å². The summed E-state index contributed by atoms with van der Waals surface area (Å²) in [4.78, 5) is 21.3. The molecule has 1 aliphatic heterocycles. The van der Waals surface area contributed by atoms with E-state index in [1.54, 1.807) is 18.2 Å². The van der Waals surface area contributed by atoms with Gasteiger partial charge in [-0.05, 0) is 31.2 Å². The first-order valence-corrected chi connectivity index (χ1v) is 12.6. The van der Waals surface area contributed by atoms with E-state index >= 15 is 0 Å². The number of amides is 1. The summed E-state index contributed by atoms with van der Waals surface area (Å²) in [5.41, 5.74) is 3.49. The van der Waals surface area contributed by atoms with Crippen LogP contribution in [0.1, 0.15) is 12.5 Å². The molecule has 0 saturated carbocycles. The molecule has 10 heteroatoms. The quantitative estimate of drug-likeness (QED) is 0.243. The van der Waals surface area contributed by atoms with Gasteiger partial charge in [-0.15, -0.1) is 0 Å². The Morgan fingerprint density at radius 2 is 1.77 bits per heavy atom. The number of anilines is 2. The Morgan fingerprint density at radius 1 is 1.00 bits per heavy atom. The topological polar surface area (TPSA) is 146 Å². The molecule has 0 spiro atoms. The number of carbonyl (C=O) groups is 1. The first-order valence-electron chi connectivity index (χ1n) is 12.6. The number of aryl methyl sites for hydroxylation is 1. The highest BCUT2D eigenvalue weighted by Crippen LogP contribution is 2.30. The van der Waals surface area contributed by atoms with Gasteiger partial charge in [-0.1, -0.05) is 48.0 Å². The van der Waals surface area contributed by atoms with Crippen LogP contribution in [0, 0.1) is 6.92 Å². The second-order valence-electron chi connectivity index (χ2n) is 9.48. The van der Waals surface area contributed by atoms with Gasteiger partial charge in [0.1, 0.15) is 35.9 Å². The number of hydrogen-bond donors (Lipinski definition) is 5. The Bertz CT molecular complexity index is 1460. The van der Waals surface area contributed by atoms with Crippen LogP contribution in [0.15, 0.2) is 72.8 Å². The summed E-state index contributed by atoms with van der Waals surface area (Å²) in [6.45, 7) is 2.78. The molecule has 5 rings (SSSR count). The van der Waals surface area contributed by atoms with Gasteiger partial charge in [-0.2, -0.15) is 0 Å². The zero-order chi connectivity index (χ0) is 27.5. The van der Waals surface area contributed by atoms with E-state index in [0.29, 0.717) is 23.1 Å². The minimum absolute atomic E-state index is 0.373. The van der Waals surface area contributed by atoms with E-state index in [9.17, 15) is 20.1 Å². The number of fused-ring (bicyclic) bond motifs is 1. The summed E-state index contributed by atoms with van der Waals surface area (Å²) < 4.78 is 11.7. The molecule has 1 saturated heterocycles. The van der Waals surface area contributed by atoms with E-state index in [0.717, 1.165) is 22.0 Å². The fraction of sp³-hybridized carbons (Fsp3) is 0.276. The van der Waals surface area contributed by atoms with Crippen LogP contribution in [0.2, 0.25) is 0 Å². The summed E-state index contributed by atoms with van der Waals surface area (Å²) >= 11 is 0. The molecule has 1 fully saturated rings. The normalized spacial score (nSPS) is 22.8. The number of hydrogen-bond acceptors (Lipinski definition) is 9. The Labute approximate surface area is 225 Å². The van der Waals surface area contributed by atoms with E-state index in [2.05, 4.69) is 10.6 Å². The maximum absolute atomic E-state index is 11.7. The molecule has 0 unspecified atom stereocenters. The van der Waals surface area contributed by atoms with Crippen LogP contribution in [0.3, 0.4) is 0 Å². The number of para-hydroxylation sites is 1. The van der Waals surface area contributed by atoms with Crippen molar-refractivity contribution in [2.75, 3.05) is 11.9 Å². The molecule has 202 valence electrons. The van der Waals surface area contributed by atoms with Crippen LogP contribution in [0.5, 0.6) is 5.75 Å². The molecule has 39 heavy (non-hydrogen) atoms. The average molecular weight is 531 g/mol. The van der Waals surface area contributed by atoms with Crippen molar-refractivity contribution in [3.63, 3.8) is 0 Å². The van der Waals surface area contributed by atoms with Gasteiger partial charge in [0.2, 0.25) is 12.2 Å². The van der Waals surface area contributed by atoms with Gasteiger partial charge >= 0.3 is 0 Å². The van der Waals surface area contributed by atoms with Crippen molar-refractivity contribution < 1.29 is 29.6 Å². The fourth-order valence-corrected chi connectivity index (χ4v) is 4.49. The highest BCUT2D eigenvalue weighted by molar-refractivity contribution is 5.92. The van der Waals surface area contributed by atoms with E-state index in [1.807, 2.05) is 61.5 Å². The van der Waals surface area contributed by atoms with Crippen LogP contribution < -0.4 is 15.4 Å². The highest BCUT2D eigenvalue weighted by atomic mass is 16.7. The summed E-state index contributed by atoms with van der Waals surface area (Å²) in [6, 6.07) is 21.7. The number of carbonyl (C=O) groups excluding carboxylic acids is 1. The maximum atomic E-state index is 11.7. The van der Waals surface area contributed by atoms with Gasteiger partial charge in [0, 0.05) is 29.6 Å². The number of aromatic nitrogens is 2. The number of nitrogens with zero attached hydrogens (tertiary/aromatic N) is 2. The molecule has 2 heterocycles. The van der Waals surface area contributed by atoms with Gasteiger partial charge in [0.15, 0.2) is 5.82 Å². The SMILES string of the molecule is CC(=O)N[C@H]1[C@@H](Oc2cccc(Nc3nc(-c4ccc(C)cc4)nc4ccccc34)c2)O[C@@H](CO)[C@@H](O)[C@H]1O. The Hall–Kier alpha value is -4.09. The molecule has 0 bridgehead atoms. The van der Waals surface area contributed by atoms with Crippen LogP contribution in [-0.2, 0) is 9.53 Å². The third-order valence-electron chi connectivity index (χ3n) is 6.51. The average Bonchev–Trinajstić information content (AvgIpc) is 2.93. The minimum atomic E-state index is -1.40. The van der Waals surface area contributed by atoms with Crippen molar-refractivity contribution in [3.05, 3.63) is 78.4 Å². The third kappa shape index (κ3) is 5.84. The van der Waals surface area contributed by atoms with Crippen LogP contribution in [0.4, 0.5) is 11.5 Å². The van der Waals surface area contributed by atoms with Crippen molar-refractivity contribution >= 4 is 28.3 Å². The van der Waals surface area contributed by atoms with Crippen molar-refractivity contribution in [1.29, 1.82) is 0 Å². The Morgan fingerprint density at radius 3 is 2.51 bits per heavy atom. The zero-order valence-electron chi connectivity index (χ0n) is 21.5. The largest absolute Gasteiger partial charge is 0.462 e. The van der Waals surface area contributed by atoms with E-state index in [4.69, 9.17) is 19.4 Å². The third-order valence-corrected chi connectivity index (χ3v) is 6.51. The van der Waals surface area contributed by atoms with Gasteiger partial charge in [-0.25, -0.2) is 9.97 Å². The number of benzene rings is 3. The minimum Gasteiger partial charge on any atom is -0.462 e. The molecule has 1 amide bonds. The summed E-state index contributed by atoms with van der Waals surface area (Å²) in [5, 5.41) is 37.2. The molecule has 5 N–H and O–H groups in total. The highest BCUT2D eigenvalue weighted by Gasteiger charge is 2.46. The lowest BCUT2D eigenvalue weighted by Crippen LogP contribution is -2.65. The number of rotatable bonds is 7. The van der Waals surface area contributed by atoms with Crippen LogP contribution in [0.25, 0.3) is 22.3 Å². The van der Waals surface area contributed by atoms with Crippen molar-refractivity contribution in [2.45, 2.75) is 44.5 Å². The molecule has 1 aliphatic rings. The summed E-state index contributed by atoms with van der Waals surface area (Å²) in [6.07, 6.45) is -5.04.